The van der Waals surface area contributed by atoms with Crippen molar-refractivity contribution in [1.82, 2.24) is 0 Å². The molecule has 2 aromatic rings. The van der Waals surface area contributed by atoms with Gasteiger partial charge < -0.3 is 11.5 Å². The maximum absolute atomic E-state index is 11.6. The second-order valence-corrected chi connectivity index (χ2v) is 7.52. The van der Waals surface area contributed by atoms with Gasteiger partial charge in [0.15, 0.2) is 0 Å². The zero-order valence-corrected chi connectivity index (χ0v) is 14.7. The van der Waals surface area contributed by atoms with Gasteiger partial charge in [0.25, 0.3) is 5.91 Å². The molecular weight excluding hydrogens is 354 g/mol. The summed E-state index contributed by atoms with van der Waals surface area (Å²) in [5, 5.41) is 11.1. The fourth-order valence-electron chi connectivity index (χ4n) is 2.82. The predicted molar refractivity (Wildman–Crippen MR) is 98.6 cm³/mol. The van der Waals surface area contributed by atoms with Crippen molar-refractivity contribution < 1.29 is 13.2 Å². The number of amides is 1. The first kappa shape index (κ1) is 18.1. The van der Waals surface area contributed by atoms with Gasteiger partial charge in [0, 0.05) is 13.0 Å². The van der Waals surface area contributed by atoms with Gasteiger partial charge in [0.2, 0.25) is 10.0 Å². The third-order valence-electron chi connectivity index (χ3n) is 4.22. The van der Waals surface area contributed by atoms with Crippen LogP contribution in [0.5, 0.6) is 0 Å². The molecule has 0 fully saturated rings. The number of carbonyl (C=O) groups is 1. The highest BCUT2D eigenvalue weighted by atomic mass is 32.2. The molecule has 3 rings (SSSR count). The monoisotopic (exact) mass is 373 g/mol. The molecule has 26 heavy (non-hydrogen) atoms. The molecule has 1 unspecified atom stereocenters. The largest absolute Gasteiger partial charge is 0.364 e. The predicted octanol–water partition coefficient (Wildman–Crippen LogP) is 0.585. The molecule has 0 saturated carbocycles. The fourth-order valence-corrected chi connectivity index (χ4v) is 3.34. The summed E-state index contributed by atoms with van der Waals surface area (Å²) in [6.07, 6.45) is 0.355. The number of rotatable bonds is 5. The van der Waals surface area contributed by atoms with E-state index in [1.54, 1.807) is 17.1 Å². The number of hydrogen-bond acceptors (Lipinski definition) is 6. The summed E-state index contributed by atoms with van der Waals surface area (Å²) >= 11 is 0. The Balaban J connectivity index is 1.98. The molecule has 0 saturated heterocycles. The summed E-state index contributed by atoms with van der Waals surface area (Å²) in [7, 11) is -3.78. The van der Waals surface area contributed by atoms with E-state index in [-0.39, 0.29) is 16.6 Å². The summed E-state index contributed by atoms with van der Waals surface area (Å²) in [5.74, 6) is -0.586. The number of anilines is 1. The fraction of sp³-hybridized carbons (Fsp3) is 0.176. The molecule has 0 aromatic heterocycles. The van der Waals surface area contributed by atoms with Crippen molar-refractivity contribution in [3.05, 3.63) is 59.7 Å². The average Bonchev–Trinajstić information content (AvgIpc) is 3.07. The van der Waals surface area contributed by atoms with Gasteiger partial charge in [-0.05, 0) is 35.4 Å². The maximum atomic E-state index is 11.6. The third-order valence-corrected chi connectivity index (χ3v) is 5.15. The summed E-state index contributed by atoms with van der Waals surface area (Å²) in [5.41, 5.74) is 13.8. The minimum absolute atomic E-state index is 0.00315. The normalized spacial score (nSPS) is 17.2. The Hall–Kier alpha value is -2.75. The standard InChI is InChI=1S/C17H19N5O3S/c18-10-11-1-3-12(4-2-11)16-9-15(17(19)23)21-22(16)13-5-7-14(8-6-13)26(20,24)25/h1-8,16H,9-10,18H2,(H2,19,23)(H2,20,24,25). The van der Waals surface area contributed by atoms with E-state index in [0.29, 0.717) is 18.7 Å². The van der Waals surface area contributed by atoms with Gasteiger partial charge in [-0.2, -0.15) is 5.10 Å². The van der Waals surface area contributed by atoms with Crippen molar-refractivity contribution in [3.8, 4) is 0 Å². The second kappa shape index (κ2) is 6.87. The Morgan fingerprint density at radius 1 is 1.12 bits per heavy atom. The van der Waals surface area contributed by atoms with E-state index in [4.69, 9.17) is 16.6 Å². The molecule has 1 aliphatic heterocycles. The second-order valence-electron chi connectivity index (χ2n) is 5.96. The third kappa shape index (κ3) is 3.59. The van der Waals surface area contributed by atoms with E-state index in [9.17, 15) is 13.2 Å². The molecule has 0 spiro atoms. The van der Waals surface area contributed by atoms with Crippen LogP contribution in [0.4, 0.5) is 5.69 Å². The molecule has 0 aliphatic carbocycles. The zero-order valence-electron chi connectivity index (χ0n) is 13.9. The van der Waals surface area contributed by atoms with Crippen LogP contribution in [0.25, 0.3) is 0 Å². The van der Waals surface area contributed by atoms with Gasteiger partial charge in [0.05, 0.1) is 16.6 Å². The number of nitrogens with zero attached hydrogens (tertiary/aromatic N) is 2. The van der Waals surface area contributed by atoms with Crippen LogP contribution < -0.4 is 21.6 Å². The smallest absolute Gasteiger partial charge is 0.265 e. The summed E-state index contributed by atoms with van der Waals surface area (Å²) in [6, 6.07) is 13.4. The summed E-state index contributed by atoms with van der Waals surface area (Å²) < 4.78 is 22.8. The van der Waals surface area contributed by atoms with Crippen LogP contribution >= 0.6 is 0 Å². The van der Waals surface area contributed by atoms with Crippen molar-refractivity contribution in [1.29, 1.82) is 0 Å². The number of hydrazone groups is 1. The van der Waals surface area contributed by atoms with Gasteiger partial charge in [-0.1, -0.05) is 24.3 Å². The van der Waals surface area contributed by atoms with E-state index >= 15 is 0 Å². The highest BCUT2D eigenvalue weighted by Crippen LogP contribution is 2.35. The molecule has 1 aliphatic rings. The van der Waals surface area contributed by atoms with Gasteiger partial charge in [-0.3, -0.25) is 9.80 Å². The Morgan fingerprint density at radius 3 is 2.23 bits per heavy atom. The van der Waals surface area contributed by atoms with Gasteiger partial charge in [-0.25, -0.2) is 13.6 Å². The topological polar surface area (TPSA) is 145 Å². The van der Waals surface area contributed by atoms with E-state index < -0.39 is 15.9 Å². The molecule has 1 heterocycles. The number of sulfonamides is 1. The molecule has 0 bridgehead atoms. The summed E-state index contributed by atoms with van der Waals surface area (Å²) in [6.45, 7) is 0.437. The van der Waals surface area contributed by atoms with Crippen molar-refractivity contribution in [3.63, 3.8) is 0 Å². The Bertz CT molecular complexity index is 953. The molecule has 9 heteroatoms. The van der Waals surface area contributed by atoms with E-state index in [0.717, 1.165) is 11.1 Å². The Kier molecular flexibility index (Phi) is 4.77. The van der Waals surface area contributed by atoms with Crippen LogP contribution in [-0.2, 0) is 21.4 Å². The molecule has 136 valence electrons. The number of primary sulfonamides is 1. The SMILES string of the molecule is NCc1ccc(C2CC(C(N)=O)=NN2c2ccc(S(N)(=O)=O)cc2)cc1. The minimum atomic E-state index is -3.78. The van der Waals surface area contributed by atoms with Crippen LogP contribution in [0.2, 0.25) is 0 Å². The maximum Gasteiger partial charge on any atom is 0.265 e. The lowest BCUT2D eigenvalue weighted by atomic mass is 10.00. The highest BCUT2D eigenvalue weighted by molar-refractivity contribution is 7.89. The number of carbonyl (C=O) groups excluding carboxylic acids is 1. The number of hydrogen-bond donors (Lipinski definition) is 3. The van der Waals surface area contributed by atoms with E-state index in [1.165, 1.54) is 12.1 Å². The van der Waals surface area contributed by atoms with Gasteiger partial charge in [-0.15, -0.1) is 0 Å². The number of nitrogens with two attached hydrogens (primary N) is 3. The first-order chi connectivity index (χ1) is 12.3. The lowest BCUT2D eigenvalue weighted by Crippen LogP contribution is -2.22. The molecule has 0 radical (unpaired) electrons. The molecule has 1 atom stereocenters. The molecule has 1 amide bonds. The lowest BCUT2D eigenvalue weighted by Gasteiger charge is -2.24. The molecule has 2 aromatic carbocycles. The van der Waals surface area contributed by atoms with Crippen LogP contribution in [-0.4, -0.2) is 20.0 Å². The van der Waals surface area contributed by atoms with Crippen molar-refractivity contribution in [2.75, 3.05) is 5.01 Å². The van der Waals surface area contributed by atoms with Gasteiger partial charge in [0.1, 0.15) is 5.71 Å². The number of benzene rings is 2. The zero-order chi connectivity index (χ0) is 18.9. The van der Waals surface area contributed by atoms with Crippen LogP contribution in [0.15, 0.2) is 58.5 Å². The highest BCUT2D eigenvalue weighted by Gasteiger charge is 2.31. The first-order valence-electron chi connectivity index (χ1n) is 7.88. The minimum Gasteiger partial charge on any atom is -0.364 e. The van der Waals surface area contributed by atoms with E-state index in [1.807, 2.05) is 24.3 Å². The molecule has 6 N–H and O–H groups in total. The first-order valence-corrected chi connectivity index (χ1v) is 9.42. The van der Waals surface area contributed by atoms with Gasteiger partial charge >= 0.3 is 0 Å². The van der Waals surface area contributed by atoms with E-state index in [2.05, 4.69) is 5.10 Å². The van der Waals surface area contributed by atoms with Crippen LogP contribution in [0.3, 0.4) is 0 Å². The molecular formula is C17H19N5O3S. The van der Waals surface area contributed by atoms with Crippen LogP contribution in [0.1, 0.15) is 23.6 Å². The average molecular weight is 373 g/mol. The lowest BCUT2D eigenvalue weighted by molar-refractivity contribution is -0.112. The Labute approximate surface area is 151 Å². The molecule has 8 nitrogen and oxygen atoms in total. The number of primary amides is 1. The van der Waals surface area contributed by atoms with Crippen molar-refractivity contribution in [2.24, 2.45) is 21.7 Å². The van der Waals surface area contributed by atoms with Crippen LogP contribution in [0, 0.1) is 0 Å². The quantitative estimate of drug-likeness (QED) is 0.702. The van der Waals surface area contributed by atoms with Crippen molar-refractivity contribution in [2.45, 2.75) is 23.9 Å². The summed E-state index contributed by atoms with van der Waals surface area (Å²) in [4.78, 5) is 11.6. The Morgan fingerprint density at radius 2 is 1.73 bits per heavy atom. The van der Waals surface area contributed by atoms with Crippen molar-refractivity contribution >= 4 is 27.3 Å².